The molecule has 0 spiro atoms. The summed E-state index contributed by atoms with van der Waals surface area (Å²) in [6.07, 6.45) is -1.65. The van der Waals surface area contributed by atoms with Gasteiger partial charge in [-0.05, 0) is 6.07 Å². The minimum atomic E-state index is -4.11. The van der Waals surface area contributed by atoms with Gasteiger partial charge in [0.25, 0.3) is 0 Å². The summed E-state index contributed by atoms with van der Waals surface area (Å²) in [5.41, 5.74) is 0.771. The molecule has 1 unspecified atom stereocenters. The van der Waals surface area contributed by atoms with Crippen molar-refractivity contribution >= 4 is 18.7 Å². The molecular formula is C12H16N3O6P. The van der Waals surface area contributed by atoms with E-state index in [0.717, 1.165) is 10.9 Å². The maximum Gasteiger partial charge on any atom is 0.472 e. The number of phosphoric acid groups is 1. The molecule has 0 aliphatic carbocycles. The molecule has 10 heteroatoms. The predicted octanol–water partition coefficient (Wildman–Crippen LogP) is 0.972. The second-order valence-corrected chi connectivity index (χ2v) is 6.46. The van der Waals surface area contributed by atoms with E-state index in [0.29, 0.717) is 0 Å². The van der Waals surface area contributed by atoms with Crippen LogP contribution in [0.5, 0.6) is 0 Å². The average Bonchev–Trinajstić information content (AvgIpc) is 3.00. The molecule has 1 aromatic heterocycles. The number of benzene rings is 1. The molecule has 9 nitrogen and oxygen atoms in total. The Morgan fingerprint density at radius 3 is 2.91 bits per heavy atom. The lowest BCUT2D eigenvalue weighted by Crippen LogP contribution is -2.39. The fourth-order valence-corrected chi connectivity index (χ4v) is 3.63. The van der Waals surface area contributed by atoms with Crippen molar-refractivity contribution in [1.82, 2.24) is 15.9 Å². The van der Waals surface area contributed by atoms with Gasteiger partial charge in [-0.25, -0.2) is 9.25 Å². The summed E-state index contributed by atoms with van der Waals surface area (Å²) < 4.78 is 28.2. The maximum absolute atomic E-state index is 11.4. The molecule has 0 bridgehead atoms. The van der Waals surface area contributed by atoms with E-state index in [1.165, 1.54) is 4.68 Å². The van der Waals surface area contributed by atoms with Crippen LogP contribution in [-0.2, 0) is 18.3 Å². The summed E-state index contributed by atoms with van der Waals surface area (Å²) in [5.74, 6) is 0. The molecule has 0 saturated carbocycles. The highest BCUT2D eigenvalue weighted by molar-refractivity contribution is 7.47. The van der Waals surface area contributed by atoms with Gasteiger partial charge in [-0.2, -0.15) is 5.10 Å². The third kappa shape index (κ3) is 2.46. The Morgan fingerprint density at radius 1 is 1.36 bits per heavy atom. The van der Waals surface area contributed by atoms with Crippen molar-refractivity contribution in [1.29, 1.82) is 0 Å². The topological polar surface area (TPSA) is 138 Å². The van der Waals surface area contributed by atoms with E-state index in [9.17, 15) is 14.6 Å². The van der Waals surface area contributed by atoms with Crippen molar-refractivity contribution in [3.05, 3.63) is 30.5 Å². The SMILES string of the molecule is N.O=P1(O)OC[C@H]2O[C@@H](n3cc4ccccc4n3)[C@H](O)[C@@H]2O1. The van der Waals surface area contributed by atoms with Gasteiger partial charge in [0, 0.05) is 11.6 Å². The van der Waals surface area contributed by atoms with Gasteiger partial charge < -0.3 is 20.9 Å². The number of aliphatic hydroxyl groups is 1. The minimum Gasteiger partial charge on any atom is -0.385 e. The van der Waals surface area contributed by atoms with E-state index in [-0.39, 0.29) is 12.8 Å². The van der Waals surface area contributed by atoms with E-state index in [1.807, 2.05) is 24.3 Å². The van der Waals surface area contributed by atoms with Gasteiger partial charge in [0.1, 0.15) is 18.3 Å². The lowest BCUT2D eigenvalue weighted by Gasteiger charge is -2.27. The fraction of sp³-hybridized carbons (Fsp3) is 0.417. The van der Waals surface area contributed by atoms with Crippen LogP contribution < -0.4 is 6.15 Å². The van der Waals surface area contributed by atoms with E-state index in [1.54, 1.807) is 6.20 Å². The van der Waals surface area contributed by atoms with Crippen LogP contribution in [0.4, 0.5) is 0 Å². The van der Waals surface area contributed by atoms with Crippen molar-refractivity contribution in [3.8, 4) is 0 Å². The highest BCUT2D eigenvalue weighted by Crippen LogP contribution is 2.52. The summed E-state index contributed by atoms with van der Waals surface area (Å²) in [6, 6.07) is 7.50. The molecule has 2 aliphatic rings. The summed E-state index contributed by atoms with van der Waals surface area (Å²) in [4.78, 5) is 9.33. The molecule has 2 fully saturated rings. The van der Waals surface area contributed by atoms with Crippen molar-refractivity contribution < 1.29 is 28.3 Å². The largest absolute Gasteiger partial charge is 0.472 e. The number of aromatic nitrogens is 2. The average molecular weight is 329 g/mol. The molecule has 120 valence electrons. The summed E-state index contributed by atoms with van der Waals surface area (Å²) in [6.45, 7) is -0.104. The Balaban J connectivity index is 0.00000144. The third-order valence-corrected chi connectivity index (χ3v) is 4.64. The fourth-order valence-electron chi connectivity index (χ4n) is 2.67. The standard InChI is InChI=1S/C12H13N2O6P.H3N/c15-10-11-9(6-18-21(16,17)20-11)19-12(10)14-5-7-3-1-2-4-8(7)13-14;/h1-5,9-12,15H,6H2,(H,16,17);1H3/t9-,10-,11-,12-;/m1./s1. The molecule has 5 atom stereocenters. The first-order chi connectivity index (χ1) is 10.0. The smallest absolute Gasteiger partial charge is 0.385 e. The molecular weight excluding hydrogens is 313 g/mol. The highest BCUT2D eigenvalue weighted by atomic mass is 31.2. The zero-order valence-electron chi connectivity index (χ0n) is 11.5. The maximum atomic E-state index is 11.4. The number of fused-ring (bicyclic) bond motifs is 2. The lowest BCUT2D eigenvalue weighted by molar-refractivity contribution is -0.0704. The summed E-state index contributed by atoms with van der Waals surface area (Å²) in [7, 11) is -4.11. The number of rotatable bonds is 1. The number of aliphatic hydroxyl groups excluding tert-OH is 1. The van der Waals surface area contributed by atoms with Crippen LogP contribution >= 0.6 is 7.82 Å². The molecule has 0 amide bonds. The van der Waals surface area contributed by atoms with Crippen molar-refractivity contribution in [3.63, 3.8) is 0 Å². The van der Waals surface area contributed by atoms with E-state index < -0.39 is 32.4 Å². The van der Waals surface area contributed by atoms with Crippen LogP contribution in [0, 0.1) is 0 Å². The Kier molecular flexibility index (Phi) is 3.82. The number of ether oxygens (including phenoxy) is 1. The Labute approximate surface area is 125 Å². The highest BCUT2D eigenvalue weighted by Gasteiger charge is 2.52. The first kappa shape index (κ1) is 15.6. The van der Waals surface area contributed by atoms with Crippen LogP contribution in [0.3, 0.4) is 0 Å². The number of phosphoric ester groups is 1. The van der Waals surface area contributed by atoms with Crippen molar-refractivity contribution in [2.45, 2.75) is 24.5 Å². The van der Waals surface area contributed by atoms with Gasteiger partial charge in [0.05, 0.1) is 12.1 Å². The van der Waals surface area contributed by atoms with Crippen LogP contribution in [0.15, 0.2) is 30.5 Å². The van der Waals surface area contributed by atoms with E-state index in [4.69, 9.17) is 13.8 Å². The molecule has 4 rings (SSSR count). The molecule has 2 aliphatic heterocycles. The molecule has 3 heterocycles. The van der Waals surface area contributed by atoms with E-state index >= 15 is 0 Å². The van der Waals surface area contributed by atoms with Crippen LogP contribution in [0.25, 0.3) is 10.9 Å². The van der Waals surface area contributed by atoms with Gasteiger partial charge in [-0.15, -0.1) is 0 Å². The van der Waals surface area contributed by atoms with Crippen molar-refractivity contribution in [2.75, 3.05) is 6.61 Å². The lowest BCUT2D eigenvalue weighted by atomic mass is 10.1. The van der Waals surface area contributed by atoms with Gasteiger partial charge in [0.2, 0.25) is 0 Å². The monoisotopic (exact) mass is 329 g/mol. The second-order valence-electron chi connectivity index (χ2n) is 5.06. The zero-order chi connectivity index (χ0) is 14.6. The molecule has 5 N–H and O–H groups in total. The summed E-state index contributed by atoms with van der Waals surface area (Å²) in [5, 5.41) is 15.5. The predicted molar refractivity (Wildman–Crippen MR) is 75.3 cm³/mol. The van der Waals surface area contributed by atoms with Crippen LogP contribution in [-0.4, -0.2) is 44.7 Å². The molecule has 2 saturated heterocycles. The van der Waals surface area contributed by atoms with Crippen LogP contribution in [0.1, 0.15) is 6.23 Å². The van der Waals surface area contributed by atoms with Gasteiger partial charge in [0.15, 0.2) is 6.23 Å². The first-order valence-electron chi connectivity index (χ1n) is 6.47. The Hall–Kier alpha value is -1.32. The van der Waals surface area contributed by atoms with Gasteiger partial charge in [-0.1, -0.05) is 18.2 Å². The molecule has 2 aromatic rings. The molecule has 1 aromatic carbocycles. The third-order valence-electron chi connectivity index (χ3n) is 3.66. The number of hydrogen-bond donors (Lipinski definition) is 3. The van der Waals surface area contributed by atoms with Crippen LogP contribution in [0.2, 0.25) is 0 Å². The Morgan fingerprint density at radius 2 is 2.14 bits per heavy atom. The number of nitrogens with zero attached hydrogens (tertiary/aromatic N) is 2. The normalized spacial score (nSPS) is 37.7. The minimum absolute atomic E-state index is 0. The van der Waals surface area contributed by atoms with Gasteiger partial charge >= 0.3 is 7.82 Å². The number of hydrogen-bond acceptors (Lipinski definition) is 7. The quantitative estimate of drug-likeness (QED) is 0.658. The van der Waals surface area contributed by atoms with Gasteiger partial charge in [-0.3, -0.25) is 9.05 Å². The van der Waals surface area contributed by atoms with Crippen molar-refractivity contribution in [2.24, 2.45) is 0 Å². The molecule has 0 radical (unpaired) electrons. The molecule has 22 heavy (non-hydrogen) atoms. The first-order valence-corrected chi connectivity index (χ1v) is 7.96. The zero-order valence-corrected chi connectivity index (χ0v) is 12.4. The Bertz CT molecular complexity index is 703. The summed E-state index contributed by atoms with van der Waals surface area (Å²) >= 11 is 0. The van der Waals surface area contributed by atoms with E-state index in [2.05, 4.69) is 5.10 Å². The second kappa shape index (κ2) is 5.39.